The number of carboxylic acid groups (broad SMARTS) is 1. The van der Waals surface area contributed by atoms with E-state index in [1.165, 1.54) is 5.56 Å². The van der Waals surface area contributed by atoms with E-state index in [0.29, 0.717) is 6.42 Å². The zero-order valence-electron chi connectivity index (χ0n) is 13.6. The maximum absolute atomic E-state index is 10.7. The van der Waals surface area contributed by atoms with Gasteiger partial charge >= 0.3 is 5.97 Å². The predicted molar refractivity (Wildman–Crippen MR) is 99.9 cm³/mol. The maximum Gasteiger partial charge on any atom is 0.303 e. The largest absolute Gasteiger partial charge is 0.481 e. The van der Waals surface area contributed by atoms with Gasteiger partial charge in [0.1, 0.15) is 15.7 Å². The molecule has 0 atom stereocenters. The second-order valence-electron chi connectivity index (χ2n) is 5.62. The molecule has 3 rings (SSSR count). The van der Waals surface area contributed by atoms with Gasteiger partial charge in [-0.3, -0.25) is 4.79 Å². The number of thiophene rings is 1. The number of rotatable bonds is 6. The molecule has 0 saturated carbocycles. The molecule has 0 amide bonds. The van der Waals surface area contributed by atoms with Gasteiger partial charge in [-0.1, -0.05) is 29.8 Å². The molecule has 0 spiro atoms. The van der Waals surface area contributed by atoms with Crippen LogP contribution in [0.25, 0.3) is 21.3 Å². The summed E-state index contributed by atoms with van der Waals surface area (Å²) >= 11 is 3.24. The zero-order chi connectivity index (χ0) is 17.1. The fraction of sp³-hybridized carbons (Fsp3) is 0.278. The first-order chi connectivity index (χ1) is 11.5. The molecule has 0 radical (unpaired) electrons. The van der Waals surface area contributed by atoms with Crippen LogP contribution in [0.2, 0.25) is 0 Å². The topological polar surface area (TPSA) is 63.1 Å². The van der Waals surface area contributed by atoms with Gasteiger partial charge in [-0.2, -0.15) is 0 Å². The fourth-order valence-electron chi connectivity index (χ4n) is 2.45. The van der Waals surface area contributed by atoms with E-state index in [4.69, 9.17) is 5.11 Å². The molecule has 0 saturated heterocycles. The number of aryl methyl sites for hydroxylation is 2. The Labute approximate surface area is 149 Å². The van der Waals surface area contributed by atoms with Gasteiger partial charge in [-0.05, 0) is 25.8 Å². The van der Waals surface area contributed by atoms with Crippen LogP contribution in [-0.2, 0) is 4.79 Å². The highest BCUT2D eigenvalue weighted by Crippen LogP contribution is 2.38. The minimum Gasteiger partial charge on any atom is -0.481 e. The molecular weight excluding hydrogens is 340 g/mol. The van der Waals surface area contributed by atoms with Gasteiger partial charge < -0.3 is 5.11 Å². The molecule has 1 N–H and O–H groups in total. The van der Waals surface area contributed by atoms with Gasteiger partial charge in [-0.15, -0.1) is 23.1 Å². The molecule has 24 heavy (non-hydrogen) atoms. The Morgan fingerprint density at radius 1 is 1.21 bits per heavy atom. The molecule has 0 aliphatic rings. The lowest BCUT2D eigenvalue weighted by Crippen LogP contribution is -1.96. The summed E-state index contributed by atoms with van der Waals surface area (Å²) in [5.41, 5.74) is 3.54. The highest BCUT2D eigenvalue weighted by atomic mass is 32.2. The second kappa shape index (κ2) is 7.32. The number of aromatic nitrogens is 2. The van der Waals surface area contributed by atoms with Crippen molar-refractivity contribution < 1.29 is 9.90 Å². The Bertz CT molecular complexity index is 873. The van der Waals surface area contributed by atoms with Crippen LogP contribution >= 0.6 is 23.1 Å². The lowest BCUT2D eigenvalue weighted by Gasteiger charge is -2.07. The molecule has 0 fully saturated rings. The predicted octanol–water partition coefficient (Wildman–Crippen LogP) is 4.93. The molecule has 4 nitrogen and oxygen atoms in total. The van der Waals surface area contributed by atoms with Crippen LogP contribution in [0.4, 0.5) is 0 Å². The molecule has 124 valence electrons. The molecule has 2 aromatic heterocycles. The van der Waals surface area contributed by atoms with Crippen molar-refractivity contribution in [3.63, 3.8) is 0 Å². The van der Waals surface area contributed by atoms with Crippen LogP contribution in [0.3, 0.4) is 0 Å². The highest BCUT2D eigenvalue weighted by molar-refractivity contribution is 7.99. The van der Waals surface area contributed by atoms with E-state index in [1.54, 1.807) is 23.1 Å². The average Bonchev–Trinajstić information content (AvgIpc) is 2.95. The van der Waals surface area contributed by atoms with Crippen molar-refractivity contribution in [3.8, 4) is 11.1 Å². The number of thioether (sulfide) groups is 1. The number of hydrogen-bond acceptors (Lipinski definition) is 5. The summed E-state index contributed by atoms with van der Waals surface area (Å²) < 4.78 is 0. The molecule has 1 aromatic carbocycles. The smallest absolute Gasteiger partial charge is 0.303 e. The average molecular weight is 358 g/mol. The summed E-state index contributed by atoms with van der Waals surface area (Å²) in [7, 11) is 0. The fourth-order valence-corrected chi connectivity index (χ4v) is 4.54. The number of carbonyl (C=O) groups is 1. The number of benzene rings is 1. The van der Waals surface area contributed by atoms with Crippen LogP contribution in [0, 0.1) is 13.8 Å². The van der Waals surface area contributed by atoms with Gasteiger partial charge in [0.2, 0.25) is 0 Å². The highest BCUT2D eigenvalue weighted by Gasteiger charge is 2.14. The number of aliphatic carboxylic acids is 1. The van der Waals surface area contributed by atoms with Crippen LogP contribution in [-0.4, -0.2) is 26.8 Å². The first kappa shape index (κ1) is 16.9. The summed E-state index contributed by atoms with van der Waals surface area (Å²) in [6.45, 7) is 3.97. The SMILES string of the molecule is Cc1ccc(-c2csc3nc(C)nc(SCCCC(=O)O)c23)cc1. The third-order valence-electron chi connectivity index (χ3n) is 3.65. The van der Waals surface area contributed by atoms with E-state index >= 15 is 0 Å². The van der Waals surface area contributed by atoms with Gasteiger partial charge in [0.05, 0.1) is 5.39 Å². The standard InChI is InChI=1S/C18H18N2O2S2/c1-11-5-7-13(8-6-11)14-10-24-18-16(14)17(19-12(2)20-18)23-9-3-4-15(21)22/h5-8,10H,3-4,9H2,1-2H3,(H,21,22). The lowest BCUT2D eigenvalue weighted by atomic mass is 10.1. The van der Waals surface area contributed by atoms with Crippen LogP contribution in [0.1, 0.15) is 24.2 Å². The first-order valence-electron chi connectivity index (χ1n) is 7.72. The van der Waals surface area contributed by atoms with E-state index in [9.17, 15) is 4.79 Å². The summed E-state index contributed by atoms with van der Waals surface area (Å²) in [5, 5.41) is 12.9. The Kier molecular flexibility index (Phi) is 5.16. The minimum atomic E-state index is -0.754. The molecule has 6 heteroatoms. The summed E-state index contributed by atoms with van der Waals surface area (Å²) in [4.78, 5) is 20.8. The molecule has 0 aliphatic heterocycles. The molecular formula is C18H18N2O2S2. The first-order valence-corrected chi connectivity index (χ1v) is 9.58. The van der Waals surface area contributed by atoms with Gasteiger partial charge in [0.15, 0.2) is 0 Å². The number of nitrogens with zero attached hydrogens (tertiary/aromatic N) is 2. The monoisotopic (exact) mass is 358 g/mol. The van der Waals surface area contributed by atoms with Gasteiger partial charge in [0.25, 0.3) is 0 Å². The van der Waals surface area contributed by atoms with Crippen LogP contribution < -0.4 is 0 Å². The number of hydrogen-bond donors (Lipinski definition) is 1. The maximum atomic E-state index is 10.7. The van der Waals surface area contributed by atoms with Crippen LogP contribution in [0.15, 0.2) is 34.7 Å². The summed E-state index contributed by atoms with van der Waals surface area (Å²) in [5.74, 6) is 0.733. The normalized spacial score (nSPS) is 11.1. The van der Waals surface area contributed by atoms with Crippen molar-refractivity contribution in [2.24, 2.45) is 0 Å². The van der Waals surface area contributed by atoms with E-state index in [0.717, 1.165) is 37.9 Å². The lowest BCUT2D eigenvalue weighted by molar-refractivity contribution is -0.137. The van der Waals surface area contributed by atoms with Crippen molar-refractivity contribution in [2.75, 3.05) is 5.75 Å². The third-order valence-corrected chi connectivity index (χ3v) is 5.58. The molecule has 0 aliphatic carbocycles. The Morgan fingerprint density at radius 3 is 2.67 bits per heavy atom. The van der Waals surface area contributed by atoms with Crippen molar-refractivity contribution in [1.29, 1.82) is 0 Å². The van der Waals surface area contributed by atoms with Crippen LogP contribution in [0.5, 0.6) is 0 Å². The molecule has 0 unspecified atom stereocenters. The molecule has 2 heterocycles. The Morgan fingerprint density at radius 2 is 1.96 bits per heavy atom. The van der Waals surface area contributed by atoms with Gasteiger partial charge in [-0.25, -0.2) is 9.97 Å². The van der Waals surface area contributed by atoms with Crippen molar-refractivity contribution in [1.82, 2.24) is 9.97 Å². The Hall–Kier alpha value is -1.92. The number of fused-ring (bicyclic) bond motifs is 1. The van der Waals surface area contributed by atoms with E-state index in [-0.39, 0.29) is 6.42 Å². The van der Waals surface area contributed by atoms with Crippen molar-refractivity contribution in [2.45, 2.75) is 31.7 Å². The van der Waals surface area contributed by atoms with E-state index in [2.05, 4.69) is 46.5 Å². The van der Waals surface area contributed by atoms with Crippen molar-refractivity contribution in [3.05, 3.63) is 41.0 Å². The quantitative estimate of drug-likeness (QED) is 0.384. The van der Waals surface area contributed by atoms with E-state index < -0.39 is 5.97 Å². The summed E-state index contributed by atoms with van der Waals surface area (Å²) in [6.07, 6.45) is 0.823. The summed E-state index contributed by atoms with van der Waals surface area (Å²) in [6, 6.07) is 8.45. The van der Waals surface area contributed by atoms with E-state index in [1.807, 2.05) is 6.92 Å². The zero-order valence-corrected chi connectivity index (χ0v) is 15.2. The Balaban J connectivity index is 1.96. The molecule has 0 bridgehead atoms. The van der Waals surface area contributed by atoms with Crippen molar-refractivity contribution >= 4 is 39.3 Å². The molecule has 3 aromatic rings. The second-order valence-corrected chi connectivity index (χ2v) is 7.56. The minimum absolute atomic E-state index is 0.189. The van der Waals surface area contributed by atoms with Gasteiger partial charge in [0, 0.05) is 23.1 Å². The number of carboxylic acids is 1. The third kappa shape index (κ3) is 3.76.